The Balaban J connectivity index is 1.46. The van der Waals surface area contributed by atoms with Gasteiger partial charge in [-0.15, -0.1) is 0 Å². The lowest BCUT2D eigenvalue weighted by atomic mass is 9.99. The topological polar surface area (TPSA) is 60.0 Å². The zero-order valence-corrected chi connectivity index (χ0v) is 16.4. The molecule has 0 spiro atoms. The van der Waals surface area contributed by atoms with Crippen molar-refractivity contribution in [2.45, 2.75) is 19.8 Å². The van der Waals surface area contributed by atoms with Crippen LogP contribution in [0.4, 0.5) is 11.4 Å². The molecule has 2 heterocycles. The van der Waals surface area contributed by atoms with Crippen LogP contribution in [0.5, 0.6) is 17.2 Å². The summed E-state index contributed by atoms with van der Waals surface area (Å²) in [5.74, 6) is 2.17. The molecule has 6 heteroatoms. The van der Waals surface area contributed by atoms with Crippen molar-refractivity contribution in [2.24, 2.45) is 5.92 Å². The smallest absolute Gasteiger partial charge is 0.255 e. The highest BCUT2D eigenvalue weighted by molar-refractivity contribution is 6.05. The summed E-state index contributed by atoms with van der Waals surface area (Å²) in [5, 5.41) is 2.94. The van der Waals surface area contributed by atoms with Crippen LogP contribution in [0.15, 0.2) is 36.4 Å². The highest BCUT2D eigenvalue weighted by atomic mass is 16.6. The minimum absolute atomic E-state index is 0.213. The molecular formula is C22H26N2O4. The summed E-state index contributed by atoms with van der Waals surface area (Å²) in [6.45, 7) is 5.41. The lowest BCUT2D eigenvalue weighted by molar-refractivity contribution is 0.102. The molecule has 1 amide bonds. The fraction of sp³-hybridized carbons (Fsp3) is 0.409. The van der Waals surface area contributed by atoms with Gasteiger partial charge in [0.2, 0.25) is 5.75 Å². The number of hydrogen-bond acceptors (Lipinski definition) is 5. The Bertz CT molecular complexity index is 825. The zero-order chi connectivity index (χ0) is 19.5. The van der Waals surface area contributed by atoms with Crippen LogP contribution >= 0.6 is 0 Å². The molecule has 0 radical (unpaired) electrons. The summed E-state index contributed by atoms with van der Waals surface area (Å²) >= 11 is 0. The van der Waals surface area contributed by atoms with Gasteiger partial charge in [-0.1, -0.05) is 6.92 Å². The van der Waals surface area contributed by atoms with Crippen molar-refractivity contribution in [3.8, 4) is 17.2 Å². The minimum Gasteiger partial charge on any atom is -0.493 e. The molecule has 1 fully saturated rings. The highest BCUT2D eigenvalue weighted by Gasteiger charge is 2.21. The van der Waals surface area contributed by atoms with Gasteiger partial charge in [0.1, 0.15) is 13.2 Å². The van der Waals surface area contributed by atoms with Crippen molar-refractivity contribution in [3.05, 3.63) is 42.0 Å². The number of piperidine rings is 1. The molecule has 0 saturated carbocycles. The molecule has 2 aliphatic rings. The molecule has 0 atom stereocenters. The van der Waals surface area contributed by atoms with E-state index in [1.165, 1.54) is 18.5 Å². The highest BCUT2D eigenvalue weighted by Crippen LogP contribution is 2.40. The van der Waals surface area contributed by atoms with Crippen molar-refractivity contribution in [2.75, 3.05) is 43.6 Å². The summed E-state index contributed by atoms with van der Waals surface area (Å²) in [6.07, 6.45) is 2.45. The first kappa shape index (κ1) is 18.5. The predicted molar refractivity (Wildman–Crippen MR) is 109 cm³/mol. The zero-order valence-electron chi connectivity index (χ0n) is 16.4. The predicted octanol–water partition coefficient (Wildman–Crippen LogP) is 3.96. The molecular weight excluding hydrogens is 356 g/mol. The molecule has 148 valence electrons. The Morgan fingerprint density at radius 2 is 1.82 bits per heavy atom. The largest absolute Gasteiger partial charge is 0.493 e. The molecule has 0 aliphatic carbocycles. The van der Waals surface area contributed by atoms with E-state index in [9.17, 15) is 4.79 Å². The first-order chi connectivity index (χ1) is 13.6. The number of benzene rings is 2. The van der Waals surface area contributed by atoms with Gasteiger partial charge in [0.15, 0.2) is 11.5 Å². The van der Waals surface area contributed by atoms with Crippen molar-refractivity contribution in [1.29, 1.82) is 0 Å². The first-order valence-corrected chi connectivity index (χ1v) is 9.78. The first-order valence-electron chi connectivity index (χ1n) is 9.78. The lowest BCUT2D eigenvalue weighted by Crippen LogP contribution is -2.32. The molecule has 2 aliphatic heterocycles. The third kappa shape index (κ3) is 3.86. The molecule has 28 heavy (non-hydrogen) atoms. The lowest BCUT2D eigenvalue weighted by Gasteiger charge is -2.32. The Morgan fingerprint density at radius 1 is 1.11 bits per heavy atom. The van der Waals surface area contributed by atoms with Gasteiger partial charge in [0.25, 0.3) is 5.91 Å². The summed E-state index contributed by atoms with van der Waals surface area (Å²) in [6, 6.07) is 11.4. The van der Waals surface area contributed by atoms with Gasteiger partial charge in [0.05, 0.1) is 7.11 Å². The maximum Gasteiger partial charge on any atom is 0.255 e. The number of methoxy groups -OCH3 is 1. The quantitative estimate of drug-likeness (QED) is 0.867. The van der Waals surface area contributed by atoms with E-state index in [1.807, 2.05) is 12.1 Å². The molecule has 1 N–H and O–H groups in total. The van der Waals surface area contributed by atoms with E-state index in [-0.39, 0.29) is 5.91 Å². The molecule has 1 saturated heterocycles. The van der Waals surface area contributed by atoms with E-state index in [1.54, 1.807) is 19.2 Å². The second-order valence-corrected chi connectivity index (χ2v) is 7.37. The van der Waals surface area contributed by atoms with E-state index >= 15 is 0 Å². The average Bonchev–Trinajstić information content (AvgIpc) is 2.74. The Kier molecular flexibility index (Phi) is 5.28. The fourth-order valence-corrected chi connectivity index (χ4v) is 3.63. The van der Waals surface area contributed by atoms with Crippen LogP contribution in [-0.4, -0.2) is 39.3 Å². The summed E-state index contributed by atoms with van der Waals surface area (Å²) < 4.78 is 16.5. The SMILES string of the molecule is COc1cc(C(=O)Nc2ccc(N3CCC(C)CC3)cc2)cc2c1OCCO2. The van der Waals surface area contributed by atoms with Gasteiger partial charge >= 0.3 is 0 Å². The number of fused-ring (bicyclic) bond motifs is 1. The number of nitrogens with zero attached hydrogens (tertiary/aromatic N) is 1. The van der Waals surface area contributed by atoms with E-state index in [0.29, 0.717) is 36.0 Å². The van der Waals surface area contributed by atoms with Gasteiger partial charge in [0, 0.05) is 30.0 Å². The normalized spacial score (nSPS) is 16.6. The van der Waals surface area contributed by atoms with Gasteiger partial charge in [-0.05, 0) is 55.2 Å². The van der Waals surface area contributed by atoms with Crippen LogP contribution in [0.2, 0.25) is 0 Å². The van der Waals surface area contributed by atoms with E-state index in [4.69, 9.17) is 14.2 Å². The van der Waals surface area contributed by atoms with E-state index in [2.05, 4.69) is 29.3 Å². The van der Waals surface area contributed by atoms with Gasteiger partial charge in [-0.2, -0.15) is 0 Å². The van der Waals surface area contributed by atoms with E-state index in [0.717, 1.165) is 24.7 Å². The molecule has 0 unspecified atom stereocenters. The standard InChI is InChI=1S/C22H26N2O4/c1-15-7-9-24(10-8-15)18-5-3-17(4-6-18)23-22(25)16-13-19(26-2)21-20(14-16)27-11-12-28-21/h3-6,13-15H,7-12H2,1-2H3,(H,23,25). The molecule has 4 rings (SSSR count). The van der Waals surface area contributed by atoms with Crippen molar-refractivity contribution < 1.29 is 19.0 Å². The molecule has 2 aromatic carbocycles. The van der Waals surface area contributed by atoms with E-state index < -0.39 is 0 Å². The minimum atomic E-state index is -0.213. The number of carbonyl (C=O) groups is 1. The second kappa shape index (κ2) is 8.00. The van der Waals surface area contributed by atoms with Crippen molar-refractivity contribution in [1.82, 2.24) is 0 Å². The summed E-state index contributed by atoms with van der Waals surface area (Å²) in [7, 11) is 1.55. The van der Waals surface area contributed by atoms with Crippen LogP contribution in [0.3, 0.4) is 0 Å². The number of rotatable bonds is 4. The monoisotopic (exact) mass is 382 g/mol. The van der Waals surface area contributed by atoms with Crippen LogP contribution in [-0.2, 0) is 0 Å². The second-order valence-electron chi connectivity index (χ2n) is 7.37. The molecule has 2 aromatic rings. The number of nitrogens with one attached hydrogen (secondary N) is 1. The number of anilines is 2. The Labute approximate surface area is 165 Å². The van der Waals surface area contributed by atoms with Crippen molar-refractivity contribution >= 4 is 17.3 Å². The molecule has 0 aromatic heterocycles. The van der Waals surface area contributed by atoms with Crippen LogP contribution in [0, 0.1) is 5.92 Å². The average molecular weight is 382 g/mol. The number of amides is 1. The van der Waals surface area contributed by atoms with Crippen molar-refractivity contribution in [3.63, 3.8) is 0 Å². The van der Waals surface area contributed by atoms with Crippen LogP contribution in [0.25, 0.3) is 0 Å². The number of hydrogen-bond donors (Lipinski definition) is 1. The summed E-state index contributed by atoms with van der Waals surface area (Å²) in [4.78, 5) is 15.1. The van der Waals surface area contributed by atoms with Crippen LogP contribution in [0.1, 0.15) is 30.1 Å². The number of carbonyl (C=O) groups excluding carboxylic acids is 1. The van der Waals surface area contributed by atoms with Gasteiger partial charge in [-0.25, -0.2) is 0 Å². The Morgan fingerprint density at radius 3 is 2.54 bits per heavy atom. The maximum atomic E-state index is 12.7. The molecule has 6 nitrogen and oxygen atoms in total. The third-order valence-corrected chi connectivity index (χ3v) is 5.36. The third-order valence-electron chi connectivity index (χ3n) is 5.36. The van der Waals surface area contributed by atoms with Crippen LogP contribution < -0.4 is 24.4 Å². The maximum absolute atomic E-state index is 12.7. The summed E-state index contributed by atoms with van der Waals surface area (Å²) in [5.41, 5.74) is 2.43. The Hall–Kier alpha value is -2.89. The number of ether oxygens (including phenoxy) is 3. The van der Waals surface area contributed by atoms with Gasteiger partial charge < -0.3 is 24.4 Å². The van der Waals surface area contributed by atoms with Gasteiger partial charge in [-0.3, -0.25) is 4.79 Å². The fourth-order valence-electron chi connectivity index (χ4n) is 3.63. The molecule has 0 bridgehead atoms.